The summed E-state index contributed by atoms with van der Waals surface area (Å²) in [7, 11) is 1.95. The SMILES string of the molecule is CNCc1n[nH]c2c1CCC2. The van der Waals surface area contributed by atoms with E-state index < -0.39 is 0 Å². The van der Waals surface area contributed by atoms with E-state index in [4.69, 9.17) is 0 Å². The van der Waals surface area contributed by atoms with E-state index in [9.17, 15) is 0 Å². The number of aryl methyl sites for hydroxylation is 1. The smallest absolute Gasteiger partial charge is 0.0794 e. The van der Waals surface area contributed by atoms with E-state index in [2.05, 4.69) is 15.5 Å². The van der Waals surface area contributed by atoms with Crippen LogP contribution in [0.3, 0.4) is 0 Å². The number of H-pyrrole nitrogens is 1. The summed E-state index contributed by atoms with van der Waals surface area (Å²) in [5.41, 5.74) is 4.02. The Balaban J connectivity index is 2.27. The number of nitrogens with zero attached hydrogens (tertiary/aromatic N) is 1. The van der Waals surface area contributed by atoms with Gasteiger partial charge in [0.15, 0.2) is 0 Å². The molecule has 0 fully saturated rings. The lowest BCUT2D eigenvalue weighted by molar-refractivity contribution is 0.760. The van der Waals surface area contributed by atoms with Crippen LogP contribution in [-0.4, -0.2) is 17.2 Å². The van der Waals surface area contributed by atoms with Crippen molar-refractivity contribution in [3.05, 3.63) is 17.0 Å². The van der Waals surface area contributed by atoms with Crippen molar-refractivity contribution in [1.29, 1.82) is 0 Å². The third kappa shape index (κ3) is 1.05. The topological polar surface area (TPSA) is 40.7 Å². The van der Waals surface area contributed by atoms with Crippen LogP contribution in [0, 0.1) is 0 Å². The number of hydrogen-bond acceptors (Lipinski definition) is 2. The highest BCUT2D eigenvalue weighted by molar-refractivity contribution is 5.29. The van der Waals surface area contributed by atoms with Crippen LogP contribution in [0.15, 0.2) is 0 Å². The first-order valence-electron chi connectivity index (χ1n) is 4.11. The molecule has 1 heterocycles. The van der Waals surface area contributed by atoms with Crippen molar-refractivity contribution in [2.45, 2.75) is 25.8 Å². The van der Waals surface area contributed by atoms with Crippen LogP contribution >= 0.6 is 0 Å². The monoisotopic (exact) mass is 151 g/mol. The van der Waals surface area contributed by atoms with E-state index in [0.717, 1.165) is 6.54 Å². The molecule has 3 nitrogen and oxygen atoms in total. The first kappa shape index (κ1) is 6.85. The molecule has 0 aromatic carbocycles. The second kappa shape index (κ2) is 2.66. The van der Waals surface area contributed by atoms with E-state index in [1.165, 1.54) is 36.2 Å². The minimum Gasteiger partial charge on any atom is -0.314 e. The first-order valence-corrected chi connectivity index (χ1v) is 4.11. The fourth-order valence-corrected chi connectivity index (χ4v) is 1.70. The molecule has 60 valence electrons. The quantitative estimate of drug-likeness (QED) is 0.650. The van der Waals surface area contributed by atoms with Crippen LogP contribution < -0.4 is 5.32 Å². The van der Waals surface area contributed by atoms with E-state index in [1.807, 2.05) is 7.05 Å². The van der Waals surface area contributed by atoms with Gasteiger partial charge in [-0.3, -0.25) is 5.10 Å². The van der Waals surface area contributed by atoms with Gasteiger partial charge in [0.1, 0.15) is 0 Å². The van der Waals surface area contributed by atoms with Crippen LogP contribution in [-0.2, 0) is 19.4 Å². The molecule has 11 heavy (non-hydrogen) atoms. The maximum Gasteiger partial charge on any atom is 0.0794 e. The largest absolute Gasteiger partial charge is 0.314 e. The third-order valence-corrected chi connectivity index (χ3v) is 2.24. The molecule has 0 bridgehead atoms. The Morgan fingerprint density at radius 3 is 3.27 bits per heavy atom. The van der Waals surface area contributed by atoms with Gasteiger partial charge in [-0.25, -0.2) is 0 Å². The van der Waals surface area contributed by atoms with Crippen molar-refractivity contribution < 1.29 is 0 Å². The lowest BCUT2D eigenvalue weighted by atomic mass is 10.2. The summed E-state index contributed by atoms with van der Waals surface area (Å²) in [6.45, 7) is 0.895. The summed E-state index contributed by atoms with van der Waals surface area (Å²) >= 11 is 0. The van der Waals surface area contributed by atoms with Gasteiger partial charge in [0.2, 0.25) is 0 Å². The summed E-state index contributed by atoms with van der Waals surface area (Å²) in [4.78, 5) is 0. The van der Waals surface area contributed by atoms with Crippen LogP contribution in [0.25, 0.3) is 0 Å². The molecular weight excluding hydrogens is 138 g/mol. The minimum atomic E-state index is 0.895. The molecule has 0 spiro atoms. The van der Waals surface area contributed by atoms with E-state index in [0.29, 0.717) is 0 Å². The highest BCUT2D eigenvalue weighted by atomic mass is 15.1. The second-order valence-electron chi connectivity index (χ2n) is 3.01. The van der Waals surface area contributed by atoms with Gasteiger partial charge in [-0.15, -0.1) is 0 Å². The molecule has 0 amide bonds. The summed E-state index contributed by atoms with van der Waals surface area (Å²) in [5.74, 6) is 0. The summed E-state index contributed by atoms with van der Waals surface area (Å²) in [6, 6.07) is 0. The lowest BCUT2D eigenvalue weighted by Gasteiger charge is -1.95. The molecule has 1 aliphatic carbocycles. The average Bonchev–Trinajstić information content (AvgIpc) is 2.53. The molecule has 2 N–H and O–H groups in total. The van der Waals surface area contributed by atoms with E-state index in [-0.39, 0.29) is 0 Å². The van der Waals surface area contributed by atoms with Gasteiger partial charge in [-0.2, -0.15) is 5.10 Å². The Morgan fingerprint density at radius 1 is 1.55 bits per heavy atom. The average molecular weight is 151 g/mol. The Hall–Kier alpha value is -0.830. The Morgan fingerprint density at radius 2 is 2.45 bits per heavy atom. The zero-order valence-electron chi connectivity index (χ0n) is 6.78. The zero-order valence-corrected chi connectivity index (χ0v) is 6.78. The lowest BCUT2D eigenvalue weighted by Crippen LogP contribution is -2.07. The molecule has 0 unspecified atom stereocenters. The van der Waals surface area contributed by atoms with Gasteiger partial charge < -0.3 is 5.32 Å². The Kier molecular flexibility index (Phi) is 1.66. The number of fused-ring (bicyclic) bond motifs is 1. The Bertz CT molecular complexity index is 252. The summed E-state index contributed by atoms with van der Waals surface area (Å²) < 4.78 is 0. The van der Waals surface area contributed by atoms with Crippen molar-refractivity contribution in [3.8, 4) is 0 Å². The van der Waals surface area contributed by atoms with Crippen LogP contribution in [0.4, 0.5) is 0 Å². The molecule has 2 rings (SSSR count). The maximum atomic E-state index is 4.24. The molecule has 0 radical (unpaired) electrons. The van der Waals surface area contributed by atoms with Crippen molar-refractivity contribution in [2.75, 3.05) is 7.05 Å². The minimum absolute atomic E-state index is 0.895. The van der Waals surface area contributed by atoms with E-state index >= 15 is 0 Å². The normalized spacial score (nSPS) is 15.4. The van der Waals surface area contributed by atoms with Gasteiger partial charge in [0.05, 0.1) is 5.69 Å². The predicted octanol–water partition coefficient (Wildman–Crippen LogP) is 0.618. The van der Waals surface area contributed by atoms with Gasteiger partial charge in [0, 0.05) is 12.2 Å². The van der Waals surface area contributed by atoms with Crippen LogP contribution in [0.1, 0.15) is 23.4 Å². The number of nitrogens with one attached hydrogen (secondary N) is 2. The van der Waals surface area contributed by atoms with E-state index in [1.54, 1.807) is 0 Å². The number of aromatic amines is 1. The molecule has 0 aliphatic heterocycles. The van der Waals surface area contributed by atoms with Crippen molar-refractivity contribution in [1.82, 2.24) is 15.5 Å². The fraction of sp³-hybridized carbons (Fsp3) is 0.625. The Labute approximate surface area is 66.2 Å². The highest BCUT2D eigenvalue weighted by Crippen LogP contribution is 2.22. The fourth-order valence-electron chi connectivity index (χ4n) is 1.70. The second-order valence-corrected chi connectivity index (χ2v) is 3.01. The van der Waals surface area contributed by atoms with Crippen molar-refractivity contribution in [2.24, 2.45) is 0 Å². The van der Waals surface area contributed by atoms with Gasteiger partial charge in [-0.1, -0.05) is 0 Å². The van der Waals surface area contributed by atoms with Crippen LogP contribution in [0.5, 0.6) is 0 Å². The number of hydrogen-bond donors (Lipinski definition) is 2. The zero-order chi connectivity index (χ0) is 7.68. The van der Waals surface area contributed by atoms with Crippen LogP contribution in [0.2, 0.25) is 0 Å². The van der Waals surface area contributed by atoms with Crippen molar-refractivity contribution >= 4 is 0 Å². The molecule has 0 saturated heterocycles. The highest BCUT2D eigenvalue weighted by Gasteiger charge is 2.16. The molecule has 1 aromatic rings. The van der Waals surface area contributed by atoms with Gasteiger partial charge in [-0.05, 0) is 31.9 Å². The molecule has 0 atom stereocenters. The molecule has 1 aliphatic rings. The van der Waals surface area contributed by atoms with Gasteiger partial charge in [0.25, 0.3) is 0 Å². The van der Waals surface area contributed by atoms with Gasteiger partial charge >= 0.3 is 0 Å². The first-order chi connectivity index (χ1) is 5.42. The summed E-state index contributed by atoms with van der Waals surface area (Å²) in [6.07, 6.45) is 3.69. The standard InChI is InChI=1S/C8H13N3/c1-9-5-8-6-3-2-4-7(6)10-11-8/h9H,2-5H2,1H3,(H,10,11). The molecule has 3 heteroatoms. The summed E-state index contributed by atoms with van der Waals surface area (Å²) in [5, 5.41) is 10.4. The number of aromatic nitrogens is 2. The number of rotatable bonds is 2. The molecule has 1 aromatic heterocycles. The maximum absolute atomic E-state index is 4.24. The predicted molar refractivity (Wildman–Crippen MR) is 43.4 cm³/mol. The third-order valence-electron chi connectivity index (χ3n) is 2.24. The van der Waals surface area contributed by atoms with Crippen molar-refractivity contribution in [3.63, 3.8) is 0 Å². The molecular formula is C8H13N3. The molecule has 0 saturated carbocycles.